The van der Waals surface area contributed by atoms with Crippen molar-refractivity contribution in [3.05, 3.63) is 51.2 Å². The molecule has 0 bridgehead atoms. The van der Waals surface area contributed by atoms with Crippen LogP contribution < -0.4 is 20.5 Å². The van der Waals surface area contributed by atoms with Crippen LogP contribution in [0.5, 0.6) is 11.5 Å². The predicted octanol–water partition coefficient (Wildman–Crippen LogP) is 4.02. The number of hydrogen-bond donors (Lipinski definition) is 2. The number of carbonyl (C=O) groups excluding carboxylic acids is 3. The number of rotatable bonds is 6. The van der Waals surface area contributed by atoms with Crippen LogP contribution in [0.2, 0.25) is 0 Å². The van der Waals surface area contributed by atoms with Gasteiger partial charge in [-0.15, -0.1) is 22.7 Å². The minimum Gasteiger partial charge on any atom is -0.486 e. The van der Waals surface area contributed by atoms with Crippen LogP contribution in [0.15, 0.2) is 30.3 Å². The molecule has 3 heterocycles. The van der Waals surface area contributed by atoms with Crippen LogP contribution >= 0.6 is 22.7 Å². The minimum atomic E-state index is -0.593. The number of esters is 1. The molecule has 1 aliphatic carbocycles. The van der Waals surface area contributed by atoms with E-state index in [2.05, 4.69) is 5.32 Å². The van der Waals surface area contributed by atoms with E-state index in [1.807, 2.05) is 24.3 Å². The third kappa shape index (κ3) is 4.51. The van der Waals surface area contributed by atoms with E-state index in [9.17, 15) is 14.4 Å². The monoisotopic (exact) mass is 498 g/mol. The maximum absolute atomic E-state index is 12.5. The number of primary amides is 1. The van der Waals surface area contributed by atoms with Gasteiger partial charge in [0, 0.05) is 9.75 Å². The molecule has 8 nitrogen and oxygen atoms in total. The van der Waals surface area contributed by atoms with Crippen LogP contribution in [0.4, 0.5) is 5.00 Å². The first-order chi connectivity index (χ1) is 16.5. The lowest BCUT2D eigenvalue weighted by atomic mass is 9.95. The van der Waals surface area contributed by atoms with Crippen molar-refractivity contribution in [2.75, 3.05) is 25.1 Å². The van der Waals surface area contributed by atoms with Crippen molar-refractivity contribution in [1.29, 1.82) is 0 Å². The Morgan fingerprint density at radius 3 is 2.62 bits per heavy atom. The van der Waals surface area contributed by atoms with E-state index in [0.29, 0.717) is 40.2 Å². The summed E-state index contributed by atoms with van der Waals surface area (Å²) < 4.78 is 16.4. The van der Waals surface area contributed by atoms with Gasteiger partial charge in [0.25, 0.3) is 11.8 Å². The minimum absolute atomic E-state index is 0.377. The van der Waals surface area contributed by atoms with E-state index in [4.69, 9.17) is 19.9 Å². The highest BCUT2D eigenvalue weighted by molar-refractivity contribution is 7.17. The van der Waals surface area contributed by atoms with Gasteiger partial charge in [-0.2, -0.15) is 0 Å². The van der Waals surface area contributed by atoms with Crippen molar-refractivity contribution in [3.63, 3.8) is 0 Å². The van der Waals surface area contributed by atoms with Crippen molar-refractivity contribution in [2.24, 2.45) is 5.73 Å². The van der Waals surface area contributed by atoms with Crippen molar-refractivity contribution >= 4 is 45.5 Å². The van der Waals surface area contributed by atoms with Crippen LogP contribution in [-0.2, 0) is 22.4 Å². The van der Waals surface area contributed by atoms with Gasteiger partial charge in [-0.3, -0.25) is 9.59 Å². The first-order valence-corrected chi connectivity index (χ1v) is 12.5. The fraction of sp³-hybridized carbons (Fsp3) is 0.292. The maximum Gasteiger partial charge on any atom is 0.348 e. The Morgan fingerprint density at radius 1 is 1.00 bits per heavy atom. The second-order valence-corrected chi connectivity index (χ2v) is 10.1. The molecule has 0 saturated heterocycles. The highest BCUT2D eigenvalue weighted by Gasteiger charge is 2.25. The van der Waals surface area contributed by atoms with Crippen LogP contribution in [0.25, 0.3) is 10.4 Å². The fourth-order valence-electron chi connectivity index (χ4n) is 4.08. The molecule has 176 valence electrons. The zero-order valence-electron chi connectivity index (χ0n) is 18.2. The highest BCUT2D eigenvalue weighted by atomic mass is 32.1. The lowest BCUT2D eigenvalue weighted by molar-refractivity contribution is -0.119. The zero-order valence-corrected chi connectivity index (χ0v) is 19.8. The van der Waals surface area contributed by atoms with E-state index in [1.54, 1.807) is 6.07 Å². The molecular weight excluding hydrogens is 476 g/mol. The molecule has 1 aromatic carbocycles. The summed E-state index contributed by atoms with van der Waals surface area (Å²) in [5, 5.41) is 3.12. The Bertz CT molecular complexity index is 1280. The number of nitrogens with two attached hydrogens (primary N) is 1. The summed E-state index contributed by atoms with van der Waals surface area (Å²) in [6.45, 7) is 0.556. The molecule has 34 heavy (non-hydrogen) atoms. The van der Waals surface area contributed by atoms with Crippen LogP contribution in [0, 0.1) is 0 Å². The number of carbonyl (C=O) groups is 3. The third-order valence-electron chi connectivity index (χ3n) is 5.64. The molecule has 3 aromatic rings. The van der Waals surface area contributed by atoms with Gasteiger partial charge in [0.2, 0.25) is 0 Å². The third-order valence-corrected chi connectivity index (χ3v) is 7.96. The maximum atomic E-state index is 12.5. The smallest absolute Gasteiger partial charge is 0.348 e. The Hall–Kier alpha value is -3.37. The van der Waals surface area contributed by atoms with Gasteiger partial charge in [-0.25, -0.2) is 4.79 Å². The van der Waals surface area contributed by atoms with E-state index in [0.717, 1.165) is 46.6 Å². The molecule has 0 radical (unpaired) electrons. The predicted molar refractivity (Wildman–Crippen MR) is 129 cm³/mol. The summed E-state index contributed by atoms with van der Waals surface area (Å²) in [4.78, 5) is 39.2. The highest BCUT2D eigenvalue weighted by Crippen LogP contribution is 2.38. The van der Waals surface area contributed by atoms with E-state index >= 15 is 0 Å². The molecule has 1 aliphatic heterocycles. The Balaban J connectivity index is 1.22. The van der Waals surface area contributed by atoms with Gasteiger partial charge in [-0.1, -0.05) is 0 Å². The summed E-state index contributed by atoms with van der Waals surface area (Å²) in [5.74, 6) is -0.300. The normalized spacial score (nSPS) is 14.2. The number of anilines is 1. The van der Waals surface area contributed by atoms with Gasteiger partial charge < -0.3 is 25.3 Å². The van der Waals surface area contributed by atoms with Crippen LogP contribution in [-0.4, -0.2) is 37.6 Å². The van der Waals surface area contributed by atoms with Crippen LogP contribution in [0.1, 0.15) is 43.3 Å². The molecule has 0 atom stereocenters. The SMILES string of the molecule is NC(=O)c1c(NC(=O)COC(=O)c2ccc(-c3ccc4c(c3)OCCO4)s2)sc2c1CCCC2. The topological polar surface area (TPSA) is 117 Å². The summed E-state index contributed by atoms with van der Waals surface area (Å²) in [6.07, 6.45) is 3.68. The molecule has 2 aliphatic rings. The molecule has 2 aromatic heterocycles. The Morgan fingerprint density at radius 2 is 1.79 bits per heavy atom. The standard InChI is InChI=1S/C24H22N2O6S2/c25-22(28)21-14-3-1-2-4-18(14)34-23(21)26-20(27)12-32-24(29)19-8-7-17(33-19)13-5-6-15-16(11-13)31-10-9-30-15/h5-8,11H,1-4,9-10,12H2,(H2,25,28)(H,26,27). The largest absolute Gasteiger partial charge is 0.486 e. The van der Waals surface area contributed by atoms with Gasteiger partial charge in [0.05, 0.1) is 5.56 Å². The van der Waals surface area contributed by atoms with Crippen LogP contribution in [0.3, 0.4) is 0 Å². The number of benzene rings is 1. The molecule has 0 unspecified atom stereocenters. The van der Waals surface area contributed by atoms with Gasteiger partial charge in [0.1, 0.15) is 23.1 Å². The molecule has 0 saturated carbocycles. The Labute approximate surface area is 203 Å². The Kier molecular flexibility index (Phi) is 6.25. The first kappa shape index (κ1) is 22.4. The van der Waals surface area contributed by atoms with Crippen molar-refractivity contribution in [1.82, 2.24) is 0 Å². The number of ether oxygens (including phenoxy) is 3. The summed E-state index contributed by atoms with van der Waals surface area (Å²) in [7, 11) is 0. The average molecular weight is 499 g/mol. The second-order valence-electron chi connectivity index (χ2n) is 7.93. The lowest BCUT2D eigenvalue weighted by Crippen LogP contribution is -2.22. The number of amides is 2. The van der Waals surface area contributed by atoms with Gasteiger partial charge >= 0.3 is 5.97 Å². The number of fused-ring (bicyclic) bond motifs is 2. The summed E-state index contributed by atoms with van der Waals surface area (Å²) in [6, 6.07) is 9.10. The van der Waals surface area contributed by atoms with E-state index in [1.165, 1.54) is 22.7 Å². The van der Waals surface area contributed by atoms with Crippen molar-refractivity contribution in [3.8, 4) is 21.9 Å². The van der Waals surface area contributed by atoms with Crippen molar-refractivity contribution < 1.29 is 28.6 Å². The fourth-order valence-corrected chi connectivity index (χ4v) is 6.29. The quantitative estimate of drug-likeness (QED) is 0.496. The number of nitrogens with one attached hydrogen (secondary N) is 1. The van der Waals surface area contributed by atoms with Crippen molar-refractivity contribution in [2.45, 2.75) is 25.7 Å². The molecule has 0 spiro atoms. The lowest BCUT2D eigenvalue weighted by Gasteiger charge is -2.18. The van der Waals surface area contributed by atoms with Gasteiger partial charge in [0.15, 0.2) is 18.1 Å². The average Bonchev–Trinajstić information content (AvgIpc) is 3.47. The molecule has 5 rings (SSSR count). The van der Waals surface area contributed by atoms with E-state index < -0.39 is 24.4 Å². The zero-order chi connectivity index (χ0) is 23.7. The second kappa shape index (κ2) is 9.47. The molecule has 3 N–H and O–H groups in total. The first-order valence-electron chi connectivity index (χ1n) is 10.9. The number of thiophene rings is 2. The van der Waals surface area contributed by atoms with E-state index in [-0.39, 0.29) is 0 Å². The molecular formula is C24H22N2O6S2. The molecule has 0 fully saturated rings. The summed E-state index contributed by atoms with van der Waals surface area (Å²) >= 11 is 2.63. The molecule has 10 heteroatoms. The summed E-state index contributed by atoms with van der Waals surface area (Å²) in [5.41, 5.74) is 7.77. The number of aryl methyl sites for hydroxylation is 1. The van der Waals surface area contributed by atoms with Gasteiger partial charge in [-0.05, 0) is 67.1 Å². The molecule has 2 amide bonds. The number of hydrogen-bond acceptors (Lipinski definition) is 8.